The number of aliphatic hydroxyl groups is 1. The topological polar surface area (TPSA) is 50.7 Å². The highest BCUT2D eigenvalue weighted by molar-refractivity contribution is 5.31. The van der Waals surface area contributed by atoms with Gasteiger partial charge < -0.3 is 19.9 Å². The van der Waals surface area contributed by atoms with Crippen LogP contribution in [0.25, 0.3) is 0 Å². The van der Waals surface area contributed by atoms with E-state index in [0.717, 1.165) is 43.8 Å². The first-order chi connectivity index (χ1) is 10.1. The van der Waals surface area contributed by atoms with Gasteiger partial charge in [0.25, 0.3) is 0 Å². The second kappa shape index (κ2) is 9.64. The molecule has 0 aromatic heterocycles. The summed E-state index contributed by atoms with van der Waals surface area (Å²) in [6, 6.07) is 7.76. The van der Waals surface area contributed by atoms with E-state index in [1.54, 1.807) is 0 Å². The molecule has 1 unspecified atom stereocenters. The van der Waals surface area contributed by atoms with Crippen LogP contribution in [0.3, 0.4) is 0 Å². The van der Waals surface area contributed by atoms with Crippen molar-refractivity contribution in [3.05, 3.63) is 24.3 Å². The third-order valence-electron chi connectivity index (χ3n) is 3.64. The van der Waals surface area contributed by atoms with Crippen molar-refractivity contribution < 1.29 is 14.6 Å². The van der Waals surface area contributed by atoms with Gasteiger partial charge in [-0.05, 0) is 63.9 Å². The van der Waals surface area contributed by atoms with Crippen molar-refractivity contribution in [2.45, 2.75) is 45.1 Å². The number of unbranched alkanes of at least 4 members (excludes halogenated alkanes) is 1. The summed E-state index contributed by atoms with van der Waals surface area (Å²) in [6.07, 6.45) is 3.95. The number of benzene rings is 1. The zero-order valence-electron chi connectivity index (χ0n) is 13.5. The van der Waals surface area contributed by atoms with E-state index in [1.165, 1.54) is 0 Å². The number of ether oxygens (including phenoxy) is 2. The van der Waals surface area contributed by atoms with Crippen LogP contribution in [0.5, 0.6) is 11.5 Å². The molecule has 0 aliphatic rings. The molecule has 0 saturated heterocycles. The fraction of sp³-hybridized carbons (Fsp3) is 0.647. The SMILES string of the molecule is CCCOc1ccc(OCCCCC(C)(CO)NC)cc1. The molecule has 1 aromatic rings. The zero-order valence-corrected chi connectivity index (χ0v) is 13.5. The Morgan fingerprint density at radius 3 is 2.10 bits per heavy atom. The number of likely N-dealkylation sites (N-methyl/N-ethyl adjacent to an activating group) is 1. The summed E-state index contributed by atoms with van der Waals surface area (Å²) in [4.78, 5) is 0. The fourth-order valence-electron chi connectivity index (χ4n) is 1.94. The molecule has 0 radical (unpaired) electrons. The van der Waals surface area contributed by atoms with Crippen LogP contribution in [0.2, 0.25) is 0 Å². The summed E-state index contributed by atoms with van der Waals surface area (Å²) in [7, 11) is 1.88. The van der Waals surface area contributed by atoms with Crippen molar-refractivity contribution >= 4 is 0 Å². The molecule has 0 spiro atoms. The maximum Gasteiger partial charge on any atom is 0.119 e. The van der Waals surface area contributed by atoms with Gasteiger partial charge in [-0.2, -0.15) is 0 Å². The summed E-state index contributed by atoms with van der Waals surface area (Å²) in [5, 5.41) is 12.5. The van der Waals surface area contributed by atoms with Crippen molar-refractivity contribution in [2.24, 2.45) is 0 Å². The smallest absolute Gasteiger partial charge is 0.119 e. The van der Waals surface area contributed by atoms with Crippen molar-refractivity contribution in [3.63, 3.8) is 0 Å². The van der Waals surface area contributed by atoms with Crippen LogP contribution >= 0.6 is 0 Å². The molecule has 4 nitrogen and oxygen atoms in total. The van der Waals surface area contributed by atoms with Gasteiger partial charge in [0.1, 0.15) is 11.5 Å². The molecule has 0 fully saturated rings. The van der Waals surface area contributed by atoms with E-state index < -0.39 is 0 Å². The van der Waals surface area contributed by atoms with Crippen LogP contribution in [0.4, 0.5) is 0 Å². The fourth-order valence-corrected chi connectivity index (χ4v) is 1.94. The lowest BCUT2D eigenvalue weighted by Gasteiger charge is -2.26. The van der Waals surface area contributed by atoms with E-state index >= 15 is 0 Å². The standard InChI is InChI=1S/C17H29NO3/c1-4-12-20-15-7-9-16(10-8-15)21-13-6-5-11-17(2,14-19)18-3/h7-10,18-19H,4-6,11-14H2,1-3H3. The zero-order chi connectivity index (χ0) is 15.6. The largest absolute Gasteiger partial charge is 0.494 e. The lowest BCUT2D eigenvalue weighted by Crippen LogP contribution is -2.43. The van der Waals surface area contributed by atoms with E-state index in [1.807, 2.05) is 38.2 Å². The molecule has 120 valence electrons. The molecule has 1 atom stereocenters. The minimum atomic E-state index is -0.182. The van der Waals surface area contributed by atoms with Crippen LogP contribution in [0, 0.1) is 0 Å². The van der Waals surface area contributed by atoms with Gasteiger partial charge in [-0.15, -0.1) is 0 Å². The number of hydrogen-bond acceptors (Lipinski definition) is 4. The van der Waals surface area contributed by atoms with E-state index in [9.17, 15) is 5.11 Å². The molecule has 0 aliphatic heterocycles. The van der Waals surface area contributed by atoms with E-state index in [0.29, 0.717) is 6.61 Å². The van der Waals surface area contributed by atoms with Crippen LogP contribution in [0.1, 0.15) is 39.5 Å². The second-order valence-corrected chi connectivity index (χ2v) is 5.59. The van der Waals surface area contributed by atoms with Gasteiger partial charge in [0.2, 0.25) is 0 Å². The highest BCUT2D eigenvalue weighted by Crippen LogP contribution is 2.18. The Hall–Kier alpha value is -1.26. The predicted molar refractivity (Wildman–Crippen MR) is 86.1 cm³/mol. The van der Waals surface area contributed by atoms with Crippen molar-refractivity contribution in [1.82, 2.24) is 5.32 Å². The maximum absolute atomic E-state index is 9.30. The molecule has 0 saturated carbocycles. The summed E-state index contributed by atoms with van der Waals surface area (Å²) < 4.78 is 11.2. The average Bonchev–Trinajstić information content (AvgIpc) is 2.53. The monoisotopic (exact) mass is 295 g/mol. The molecular formula is C17H29NO3. The summed E-state index contributed by atoms with van der Waals surface area (Å²) in [5.41, 5.74) is -0.182. The Kier molecular flexibility index (Phi) is 8.16. The van der Waals surface area contributed by atoms with Gasteiger partial charge in [0.15, 0.2) is 0 Å². The van der Waals surface area contributed by atoms with Gasteiger partial charge in [-0.1, -0.05) is 6.92 Å². The van der Waals surface area contributed by atoms with Gasteiger partial charge in [0.05, 0.1) is 19.8 Å². The molecule has 0 heterocycles. The first-order valence-corrected chi connectivity index (χ1v) is 7.79. The summed E-state index contributed by atoms with van der Waals surface area (Å²) in [6.45, 7) is 5.72. The normalized spacial score (nSPS) is 13.7. The Balaban J connectivity index is 2.21. The second-order valence-electron chi connectivity index (χ2n) is 5.59. The molecule has 4 heteroatoms. The molecule has 21 heavy (non-hydrogen) atoms. The average molecular weight is 295 g/mol. The van der Waals surface area contributed by atoms with Gasteiger partial charge >= 0.3 is 0 Å². The third-order valence-corrected chi connectivity index (χ3v) is 3.64. The highest BCUT2D eigenvalue weighted by Gasteiger charge is 2.19. The van der Waals surface area contributed by atoms with Crippen molar-refractivity contribution in [1.29, 1.82) is 0 Å². The number of hydrogen-bond donors (Lipinski definition) is 2. The first-order valence-electron chi connectivity index (χ1n) is 7.79. The van der Waals surface area contributed by atoms with Gasteiger partial charge in [-0.3, -0.25) is 0 Å². The van der Waals surface area contributed by atoms with Crippen LogP contribution < -0.4 is 14.8 Å². The quantitative estimate of drug-likeness (QED) is 0.616. The Morgan fingerprint density at radius 2 is 1.62 bits per heavy atom. The van der Waals surface area contributed by atoms with Crippen LogP contribution in [0.15, 0.2) is 24.3 Å². The first kappa shape index (κ1) is 17.8. The van der Waals surface area contributed by atoms with Crippen LogP contribution in [-0.2, 0) is 0 Å². The third kappa shape index (κ3) is 6.82. The number of rotatable bonds is 11. The summed E-state index contributed by atoms with van der Waals surface area (Å²) in [5.74, 6) is 1.76. The molecule has 0 amide bonds. The minimum Gasteiger partial charge on any atom is -0.494 e. The lowest BCUT2D eigenvalue weighted by atomic mass is 9.96. The number of nitrogens with one attached hydrogen (secondary N) is 1. The molecule has 0 aliphatic carbocycles. The molecule has 1 aromatic carbocycles. The Morgan fingerprint density at radius 1 is 1.05 bits per heavy atom. The predicted octanol–water partition coefficient (Wildman–Crippen LogP) is 2.99. The van der Waals surface area contributed by atoms with Crippen molar-refractivity contribution in [3.8, 4) is 11.5 Å². The van der Waals surface area contributed by atoms with E-state index in [-0.39, 0.29) is 12.1 Å². The molecule has 1 rings (SSSR count). The number of aliphatic hydroxyl groups excluding tert-OH is 1. The lowest BCUT2D eigenvalue weighted by molar-refractivity contribution is 0.168. The molecule has 0 bridgehead atoms. The van der Waals surface area contributed by atoms with Crippen molar-refractivity contribution in [2.75, 3.05) is 26.9 Å². The van der Waals surface area contributed by atoms with E-state index in [4.69, 9.17) is 9.47 Å². The van der Waals surface area contributed by atoms with Crippen LogP contribution in [-0.4, -0.2) is 37.5 Å². The highest BCUT2D eigenvalue weighted by atomic mass is 16.5. The van der Waals surface area contributed by atoms with Gasteiger partial charge in [-0.25, -0.2) is 0 Å². The summed E-state index contributed by atoms with van der Waals surface area (Å²) >= 11 is 0. The van der Waals surface area contributed by atoms with E-state index in [2.05, 4.69) is 12.2 Å². The van der Waals surface area contributed by atoms with Gasteiger partial charge in [0, 0.05) is 5.54 Å². The Bertz CT molecular complexity index is 374. The maximum atomic E-state index is 9.30. The Labute approximate surface area is 128 Å². The molecule has 2 N–H and O–H groups in total. The minimum absolute atomic E-state index is 0.156. The molecular weight excluding hydrogens is 266 g/mol.